The molecule has 0 saturated carbocycles. The molecule has 0 aromatic heterocycles. The SMILES string of the molecule is N#CC1(c2ccccc2)CCN(S(=O)(=O)c2cc(Cl)cc(Cl)c2O)CC1. The molecule has 26 heavy (non-hydrogen) atoms. The van der Waals surface area contributed by atoms with Crippen LogP contribution in [-0.2, 0) is 15.4 Å². The highest BCUT2D eigenvalue weighted by Gasteiger charge is 2.40. The highest BCUT2D eigenvalue weighted by atomic mass is 35.5. The number of phenolic OH excluding ortho intramolecular Hbond substituents is 1. The molecule has 136 valence electrons. The summed E-state index contributed by atoms with van der Waals surface area (Å²) in [4.78, 5) is -0.320. The number of hydrogen-bond acceptors (Lipinski definition) is 4. The van der Waals surface area contributed by atoms with Crippen LogP contribution in [0.2, 0.25) is 10.0 Å². The number of nitrogens with zero attached hydrogens (tertiary/aromatic N) is 2. The van der Waals surface area contributed by atoms with Crippen LogP contribution < -0.4 is 0 Å². The molecule has 1 fully saturated rings. The molecule has 0 unspecified atom stereocenters. The first-order chi connectivity index (χ1) is 12.3. The molecule has 0 spiro atoms. The van der Waals surface area contributed by atoms with Crippen molar-refractivity contribution < 1.29 is 13.5 Å². The van der Waals surface area contributed by atoms with Crippen molar-refractivity contribution in [1.29, 1.82) is 5.26 Å². The summed E-state index contributed by atoms with van der Waals surface area (Å²) in [5.41, 5.74) is 0.162. The Morgan fingerprint density at radius 3 is 2.31 bits per heavy atom. The Balaban J connectivity index is 1.89. The van der Waals surface area contributed by atoms with Gasteiger partial charge in [0.25, 0.3) is 0 Å². The number of nitriles is 1. The molecule has 5 nitrogen and oxygen atoms in total. The van der Waals surface area contributed by atoms with E-state index in [4.69, 9.17) is 23.2 Å². The molecule has 1 aliphatic rings. The fourth-order valence-electron chi connectivity index (χ4n) is 3.21. The number of rotatable bonds is 3. The van der Waals surface area contributed by atoms with Crippen molar-refractivity contribution in [2.75, 3.05) is 13.1 Å². The maximum absolute atomic E-state index is 12.9. The molecule has 1 aliphatic heterocycles. The van der Waals surface area contributed by atoms with Crippen LogP contribution in [0.25, 0.3) is 0 Å². The van der Waals surface area contributed by atoms with E-state index >= 15 is 0 Å². The Hall–Kier alpha value is -1.78. The van der Waals surface area contributed by atoms with Crippen molar-refractivity contribution in [3.05, 3.63) is 58.1 Å². The lowest BCUT2D eigenvalue weighted by Crippen LogP contribution is -2.44. The summed E-state index contributed by atoms with van der Waals surface area (Å²) in [6, 6.07) is 14.2. The zero-order valence-corrected chi connectivity index (χ0v) is 16.0. The third-order valence-corrected chi connectivity index (χ3v) is 7.15. The van der Waals surface area contributed by atoms with Gasteiger partial charge in [0.2, 0.25) is 10.0 Å². The predicted octanol–water partition coefficient (Wildman–Crippen LogP) is 3.95. The van der Waals surface area contributed by atoms with Gasteiger partial charge in [-0.05, 0) is 30.5 Å². The van der Waals surface area contributed by atoms with Gasteiger partial charge in [-0.15, -0.1) is 0 Å². The van der Waals surface area contributed by atoms with Crippen molar-refractivity contribution >= 4 is 33.2 Å². The molecule has 2 aromatic carbocycles. The number of piperidine rings is 1. The van der Waals surface area contributed by atoms with E-state index in [1.165, 1.54) is 16.4 Å². The maximum Gasteiger partial charge on any atom is 0.246 e. The molecule has 1 N–H and O–H groups in total. The number of sulfonamides is 1. The average molecular weight is 411 g/mol. The van der Waals surface area contributed by atoms with Gasteiger partial charge >= 0.3 is 0 Å². The van der Waals surface area contributed by atoms with E-state index in [1.54, 1.807) is 0 Å². The summed E-state index contributed by atoms with van der Waals surface area (Å²) in [7, 11) is -3.97. The highest BCUT2D eigenvalue weighted by molar-refractivity contribution is 7.89. The van der Waals surface area contributed by atoms with Crippen molar-refractivity contribution in [1.82, 2.24) is 4.31 Å². The highest BCUT2D eigenvalue weighted by Crippen LogP contribution is 2.39. The van der Waals surface area contributed by atoms with Gasteiger partial charge in [-0.1, -0.05) is 53.5 Å². The van der Waals surface area contributed by atoms with Gasteiger partial charge in [0, 0.05) is 18.1 Å². The van der Waals surface area contributed by atoms with E-state index in [-0.39, 0.29) is 28.0 Å². The minimum absolute atomic E-state index is 0.122. The maximum atomic E-state index is 12.9. The van der Waals surface area contributed by atoms with Crippen LogP contribution in [0.3, 0.4) is 0 Å². The molecule has 3 rings (SSSR count). The topological polar surface area (TPSA) is 81.4 Å². The van der Waals surface area contributed by atoms with Crippen LogP contribution in [0.4, 0.5) is 0 Å². The largest absolute Gasteiger partial charge is 0.505 e. The van der Waals surface area contributed by atoms with Crippen molar-refractivity contribution in [3.63, 3.8) is 0 Å². The van der Waals surface area contributed by atoms with Crippen molar-refractivity contribution in [2.45, 2.75) is 23.2 Å². The second-order valence-corrected chi connectivity index (χ2v) is 8.95. The first-order valence-corrected chi connectivity index (χ1v) is 10.1. The minimum Gasteiger partial charge on any atom is -0.505 e. The minimum atomic E-state index is -3.97. The van der Waals surface area contributed by atoms with Gasteiger partial charge in [0.15, 0.2) is 5.75 Å². The van der Waals surface area contributed by atoms with Gasteiger partial charge in [-0.25, -0.2) is 8.42 Å². The number of hydrogen-bond donors (Lipinski definition) is 1. The van der Waals surface area contributed by atoms with E-state index in [1.807, 2.05) is 30.3 Å². The Labute approximate surface area is 162 Å². The predicted molar refractivity (Wildman–Crippen MR) is 99.9 cm³/mol. The smallest absolute Gasteiger partial charge is 0.246 e. The molecule has 0 bridgehead atoms. The van der Waals surface area contributed by atoms with Crippen molar-refractivity contribution in [2.24, 2.45) is 0 Å². The molecule has 2 aromatic rings. The molecule has 8 heteroatoms. The normalized spacial score (nSPS) is 17.6. The van der Waals surface area contributed by atoms with Crippen LogP contribution in [-0.4, -0.2) is 30.9 Å². The summed E-state index contributed by atoms with van der Waals surface area (Å²) in [6.45, 7) is 0.322. The monoisotopic (exact) mass is 410 g/mol. The van der Waals surface area contributed by atoms with E-state index in [9.17, 15) is 18.8 Å². The fraction of sp³-hybridized carbons (Fsp3) is 0.278. The Morgan fingerprint density at radius 1 is 1.12 bits per heavy atom. The quantitative estimate of drug-likeness (QED) is 0.830. The summed E-state index contributed by atoms with van der Waals surface area (Å²) in [5.74, 6) is -0.517. The zero-order valence-electron chi connectivity index (χ0n) is 13.7. The lowest BCUT2D eigenvalue weighted by atomic mass is 9.74. The summed E-state index contributed by atoms with van der Waals surface area (Å²) < 4.78 is 27.1. The Kier molecular flexibility index (Phi) is 5.18. The fourth-order valence-corrected chi connectivity index (χ4v) is 5.39. The zero-order chi connectivity index (χ0) is 18.9. The number of aromatic hydroxyl groups is 1. The van der Waals surface area contributed by atoms with Crippen molar-refractivity contribution in [3.8, 4) is 11.8 Å². The van der Waals surface area contributed by atoms with Gasteiger partial charge in [-0.3, -0.25) is 0 Å². The molecule has 1 heterocycles. The molecule has 1 saturated heterocycles. The van der Waals surface area contributed by atoms with Crippen LogP contribution in [0.1, 0.15) is 18.4 Å². The van der Waals surface area contributed by atoms with Crippen LogP contribution in [0, 0.1) is 11.3 Å². The standard InChI is InChI=1S/C18H16Cl2N2O3S/c19-14-10-15(20)17(23)16(11-14)26(24,25)22-8-6-18(12-21,7-9-22)13-4-2-1-3-5-13/h1-5,10-11,23H,6-9H2. The molecular formula is C18H16Cl2N2O3S. The number of halogens is 2. The van der Waals surface area contributed by atoms with Gasteiger partial charge in [0.1, 0.15) is 4.90 Å². The van der Waals surface area contributed by atoms with Crippen LogP contribution >= 0.6 is 23.2 Å². The van der Waals surface area contributed by atoms with E-state index in [0.717, 1.165) is 5.56 Å². The molecular weight excluding hydrogens is 395 g/mol. The first kappa shape index (κ1) is 19.0. The van der Waals surface area contributed by atoms with Gasteiger partial charge < -0.3 is 5.11 Å². The summed E-state index contributed by atoms with van der Waals surface area (Å²) in [6.07, 6.45) is 0.726. The average Bonchev–Trinajstić information content (AvgIpc) is 2.65. The lowest BCUT2D eigenvalue weighted by molar-refractivity contribution is 0.276. The molecule has 0 aliphatic carbocycles. The summed E-state index contributed by atoms with van der Waals surface area (Å²) in [5, 5.41) is 19.8. The van der Waals surface area contributed by atoms with E-state index < -0.39 is 21.2 Å². The third-order valence-electron chi connectivity index (χ3n) is 4.73. The van der Waals surface area contributed by atoms with E-state index in [2.05, 4.69) is 6.07 Å². The van der Waals surface area contributed by atoms with Gasteiger partial charge in [-0.2, -0.15) is 9.57 Å². The summed E-state index contributed by atoms with van der Waals surface area (Å²) >= 11 is 11.7. The van der Waals surface area contributed by atoms with Crippen LogP contribution in [0.15, 0.2) is 47.4 Å². The van der Waals surface area contributed by atoms with E-state index in [0.29, 0.717) is 12.8 Å². The molecule has 0 radical (unpaired) electrons. The Morgan fingerprint density at radius 2 is 1.73 bits per heavy atom. The third kappa shape index (κ3) is 3.28. The molecule has 0 amide bonds. The number of benzene rings is 2. The second kappa shape index (κ2) is 7.09. The number of phenols is 1. The Bertz CT molecular complexity index is 964. The van der Waals surface area contributed by atoms with Crippen LogP contribution in [0.5, 0.6) is 5.75 Å². The lowest BCUT2D eigenvalue weighted by Gasteiger charge is -2.37. The first-order valence-electron chi connectivity index (χ1n) is 7.95. The molecule has 0 atom stereocenters. The van der Waals surface area contributed by atoms with Gasteiger partial charge in [0.05, 0.1) is 16.5 Å². The second-order valence-electron chi connectivity index (χ2n) is 6.20.